The molecule has 0 radical (unpaired) electrons. The molecular weight excluding hydrogens is 240 g/mol. The zero-order valence-electron chi connectivity index (χ0n) is 12.7. The van der Waals surface area contributed by atoms with Crippen molar-refractivity contribution >= 4 is 5.91 Å². The SMILES string of the molecule is CCN(CC(C)(C)O)C(=O)CCC1CCC(N)CC1. The summed E-state index contributed by atoms with van der Waals surface area (Å²) in [5.74, 6) is 0.823. The minimum absolute atomic E-state index is 0.166. The average molecular weight is 270 g/mol. The topological polar surface area (TPSA) is 66.6 Å². The molecule has 112 valence electrons. The zero-order chi connectivity index (χ0) is 14.5. The third-order valence-electron chi connectivity index (χ3n) is 3.97. The van der Waals surface area contributed by atoms with Crippen molar-refractivity contribution in [3.8, 4) is 0 Å². The van der Waals surface area contributed by atoms with Crippen molar-refractivity contribution in [2.75, 3.05) is 13.1 Å². The number of rotatable bonds is 6. The number of carbonyl (C=O) groups is 1. The number of aliphatic hydroxyl groups is 1. The Bertz CT molecular complexity index is 278. The maximum Gasteiger partial charge on any atom is 0.222 e. The Labute approximate surface area is 117 Å². The van der Waals surface area contributed by atoms with Gasteiger partial charge in [-0.15, -0.1) is 0 Å². The fraction of sp³-hybridized carbons (Fsp3) is 0.933. The van der Waals surface area contributed by atoms with E-state index >= 15 is 0 Å². The number of carbonyl (C=O) groups excluding carboxylic acids is 1. The van der Waals surface area contributed by atoms with Crippen LogP contribution in [0.25, 0.3) is 0 Å². The zero-order valence-corrected chi connectivity index (χ0v) is 12.7. The molecule has 0 aromatic carbocycles. The van der Waals surface area contributed by atoms with E-state index in [2.05, 4.69) is 0 Å². The van der Waals surface area contributed by atoms with Crippen molar-refractivity contribution in [2.45, 2.75) is 70.9 Å². The van der Waals surface area contributed by atoms with E-state index in [1.807, 2.05) is 6.92 Å². The number of hydrogen-bond acceptors (Lipinski definition) is 3. The van der Waals surface area contributed by atoms with E-state index in [9.17, 15) is 9.90 Å². The smallest absolute Gasteiger partial charge is 0.222 e. The Morgan fingerprint density at radius 1 is 1.32 bits per heavy atom. The van der Waals surface area contributed by atoms with Gasteiger partial charge >= 0.3 is 0 Å². The predicted molar refractivity (Wildman–Crippen MR) is 77.7 cm³/mol. The molecule has 0 heterocycles. The molecule has 0 aliphatic heterocycles. The van der Waals surface area contributed by atoms with Crippen molar-refractivity contribution in [1.82, 2.24) is 4.90 Å². The summed E-state index contributed by atoms with van der Waals surface area (Å²) in [6.07, 6.45) is 6.08. The molecule has 19 heavy (non-hydrogen) atoms. The summed E-state index contributed by atoms with van der Waals surface area (Å²) in [5.41, 5.74) is 5.07. The highest BCUT2D eigenvalue weighted by Crippen LogP contribution is 2.27. The van der Waals surface area contributed by atoms with Gasteiger partial charge in [0.1, 0.15) is 0 Å². The number of nitrogens with zero attached hydrogens (tertiary/aromatic N) is 1. The van der Waals surface area contributed by atoms with Gasteiger partial charge in [0.05, 0.1) is 5.60 Å². The van der Waals surface area contributed by atoms with Crippen LogP contribution in [0.4, 0.5) is 0 Å². The normalized spacial score (nSPS) is 24.3. The van der Waals surface area contributed by atoms with Gasteiger partial charge in [-0.1, -0.05) is 0 Å². The lowest BCUT2D eigenvalue weighted by atomic mass is 9.83. The van der Waals surface area contributed by atoms with Crippen molar-refractivity contribution in [3.63, 3.8) is 0 Å². The Morgan fingerprint density at radius 3 is 2.37 bits per heavy atom. The lowest BCUT2D eigenvalue weighted by Crippen LogP contribution is -2.42. The van der Waals surface area contributed by atoms with Crippen LogP contribution in [-0.4, -0.2) is 40.6 Å². The number of likely N-dealkylation sites (N-methyl/N-ethyl adjacent to an activating group) is 1. The summed E-state index contributed by atoms with van der Waals surface area (Å²) in [5, 5.41) is 9.81. The minimum Gasteiger partial charge on any atom is -0.389 e. The van der Waals surface area contributed by atoms with E-state index in [1.54, 1.807) is 18.7 Å². The quantitative estimate of drug-likeness (QED) is 0.774. The van der Waals surface area contributed by atoms with Crippen LogP contribution in [0.2, 0.25) is 0 Å². The van der Waals surface area contributed by atoms with Crippen LogP contribution in [0, 0.1) is 5.92 Å². The van der Waals surface area contributed by atoms with Crippen LogP contribution in [0.15, 0.2) is 0 Å². The third-order valence-corrected chi connectivity index (χ3v) is 3.97. The van der Waals surface area contributed by atoms with E-state index in [0.717, 1.165) is 32.1 Å². The van der Waals surface area contributed by atoms with E-state index in [1.165, 1.54) is 0 Å². The first-order chi connectivity index (χ1) is 8.81. The first-order valence-electron chi connectivity index (χ1n) is 7.57. The number of amides is 1. The van der Waals surface area contributed by atoms with E-state index < -0.39 is 5.60 Å². The molecule has 0 saturated heterocycles. The van der Waals surface area contributed by atoms with Crippen LogP contribution in [0.5, 0.6) is 0 Å². The Morgan fingerprint density at radius 2 is 1.89 bits per heavy atom. The average Bonchev–Trinajstić information content (AvgIpc) is 2.34. The van der Waals surface area contributed by atoms with Gasteiger partial charge in [-0.3, -0.25) is 4.79 Å². The van der Waals surface area contributed by atoms with Crippen molar-refractivity contribution in [3.05, 3.63) is 0 Å². The second kappa shape index (κ2) is 7.25. The second-order valence-electron chi connectivity index (χ2n) is 6.54. The molecule has 0 atom stereocenters. The highest BCUT2D eigenvalue weighted by atomic mass is 16.3. The fourth-order valence-electron chi connectivity index (χ4n) is 2.81. The van der Waals surface area contributed by atoms with Crippen LogP contribution >= 0.6 is 0 Å². The molecule has 1 saturated carbocycles. The summed E-state index contributed by atoms with van der Waals surface area (Å²) >= 11 is 0. The highest BCUT2D eigenvalue weighted by Gasteiger charge is 2.23. The number of hydrogen-bond donors (Lipinski definition) is 2. The molecule has 1 amide bonds. The summed E-state index contributed by atoms with van der Waals surface area (Å²) in [6, 6.07) is 0.370. The van der Waals surface area contributed by atoms with Gasteiger partial charge in [-0.2, -0.15) is 0 Å². The molecule has 0 aromatic heterocycles. The first kappa shape index (κ1) is 16.4. The summed E-state index contributed by atoms with van der Waals surface area (Å²) in [7, 11) is 0. The Balaban J connectivity index is 2.32. The minimum atomic E-state index is -0.816. The summed E-state index contributed by atoms with van der Waals surface area (Å²) in [4.78, 5) is 13.9. The molecule has 4 nitrogen and oxygen atoms in total. The van der Waals surface area contributed by atoms with E-state index in [-0.39, 0.29) is 5.91 Å². The van der Waals surface area contributed by atoms with Gasteiger partial charge in [0.15, 0.2) is 0 Å². The third kappa shape index (κ3) is 6.39. The molecule has 1 fully saturated rings. The predicted octanol–water partition coefficient (Wildman–Crippen LogP) is 1.90. The molecule has 1 aliphatic rings. The molecule has 0 unspecified atom stereocenters. The van der Waals surface area contributed by atoms with Gasteiger partial charge < -0.3 is 15.7 Å². The van der Waals surface area contributed by atoms with Crippen LogP contribution in [-0.2, 0) is 4.79 Å². The van der Waals surface area contributed by atoms with Gasteiger partial charge in [0.25, 0.3) is 0 Å². The van der Waals surface area contributed by atoms with Gasteiger partial charge in [-0.05, 0) is 58.8 Å². The summed E-state index contributed by atoms with van der Waals surface area (Å²) < 4.78 is 0. The van der Waals surface area contributed by atoms with Crippen molar-refractivity contribution in [1.29, 1.82) is 0 Å². The standard InChI is InChI=1S/C15H30N2O2/c1-4-17(11-15(2,3)19)14(18)10-7-12-5-8-13(16)9-6-12/h12-13,19H,4-11,16H2,1-3H3. The fourth-order valence-corrected chi connectivity index (χ4v) is 2.81. The maximum absolute atomic E-state index is 12.1. The molecule has 4 heteroatoms. The van der Waals surface area contributed by atoms with Gasteiger partial charge in [0, 0.05) is 25.6 Å². The molecule has 1 aliphatic carbocycles. The van der Waals surface area contributed by atoms with Gasteiger partial charge in [-0.25, -0.2) is 0 Å². The monoisotopic (exact) mass is 270 g/mol. The molecule has 3 N–H and O–H groups in total. The molecule has 0 aromatic rings. The lowest BCUT2D eigenvalue weighted by Gasteiger charge is -2.30. The van der Waals surface area contributed by atoms with Crippen molar-refractivity contribution < 1.29 is 9.90 Å². The van der Waals surface area contributed by atoms with Gasteiger partial charge in [0.2, 0.25) is 5.91 Å². The first-order valence-corrected chi connectivity index (χ1v) is 7.57. The number of nitrogens with two attached hydrogens (primary N) is 1. The van der Waals surface area contributed by atoms with Crippen LogP contribution in [0.3, 0.4) is 0 Å². The largest absolute Gasteiger partial charge is 0.389 e. The maximum atomic E-state index is 12.1. The molecule has 0 bridgehead atoms. The summed E-state index contributed by atoms with van der Waals surface area (Å²) in [6.45, 7) is 6.52. The van der Waals surface area contributed by atoms with Crippen LogP contribution in [0.1, 0.15) is 59.3 Å². The highest BCUT2D eigenvalue weighted by molar-refractivity contribution is 5.76. The van der Waals surface area contributed by atoms with E-state index in [0.29, 0.717) is 31.5 Å². The molecule has 1 rings (SSSR count). The van der Waals surface area contributed by atoms with Crippen LogP contribution < -0.4 is 5.73 Å². The van der Waals surface area contributed by atoms with E-state index in [4.69, 9.17) is 5.73 Å². The second-order valence-corrected chi connectivity index (χ2v) is 6.54. The lowest BCUT2D eigenvalue weighted by molar-refractivity contribution is -0.134. The molecule has 0 spiro atoms. The Kier molecular flexibility index (Phi) is 6.27. The van der Waals surface area contributed by atoms with Crippen molar-refractivity contribution in [2.24, 2.45) is 11.7 Å². The molecular formula is C15H30N2O2. The Hall–Kier alpha value is -0.610.